The largest absolute Gasteiger partial charge is 0.363 e. The average molecular weight is 1510 g/mol. The summed E-state index contributed by atoms with van der Waals surface area (Å²) in [5.41, 5.74) is 6.65. The highest BCUT2D eigenvalue weighted by molar-refractivity contribution is 6.03. The van der Waals surface area contributed by atoms with Gasteiger partial charge in [0.05, 0.1) is 17.6 Å². The van der Waals surface area contributed by atoms with E-state index in [1.807, 2.05) is 121 Å². The summed E-state index contributed by atoms with van der Waals surface area (Å²) in [6.45, 7) is 25.1. The third-order valence-electron chi connectivity index (χ3n) is 21.5. The molecule has 600 valence electrons. The number of hydroxylamine groups is 2. The molecule has 2 aromatic carbocycles. The minimum absolute atomic E-state index is 0.00574. The van der Waals surface area contributed by atoms with Crippen molar-refractivity contribution >= 4 is 82.5 Å². The zero-order valence-electron chi connectivity index (χ0n) is 67.8. The second kappa shape index (κ2) is 41.3. The van der Waals surface area contributed by atoms with E-state index in [1.165, 1.54) is 29.0 Å². The van der Waals surface area contributed by atoms with Gasteiger partial charge in [-0.3, -0.25) is 72.1 Å². The summed E-state index contributed by atoms with van der Waals surface area (Å²) in [7, 11) is 13.8. The molecule has 0 spiro atoms. The van der Waals surface area contributed by atoms with E-state index < -0.39 is 65.9 Å². The summed E-state index contributed by atoms with van der Waals surface area (Å²) in [6, 6.07) is 7.97. The van der Waals surface area contributed by atoms with Crippen molar-refractivity contribution in [1.29, 1.82) is 0 Å². The third kappa shape index (κ3) is 22.6. The van der Waals surface area contributed by atoms with Gasteiger partial charge in [0.25, 0.3) is 17.7 Å². The van der Waals surface area contributed by atoms with Crippen LogP contribution in [-0.4, -0.2) is 258 Å². The SMILES string of the molecule is CC(C)C(CC(=O)C(C(C)C)N(C)C)C(=O)N(C)C(C(=O)N1CCCC1C(=O)N1CCCC1C(=O)NCc1ccc(C(=O)ON2C(=O)CCC2=O)cc1)C(C)C.CN.CNC(=O)c1ccc(CNC(=O)C2CCCN2C(=O)C2CCCN2C(=O)C(C(C)C)N(C)C(=O)C(CC(=O)C(C(C)C)N(C)C)C(C)C)cc1. The molecule has 0 radical (unpaired) electrons. The lowest BCUT2D eigenvalue weighted by atomic mass is 9.84. The van der Waals surface area contributed by atoms with Crippen LogP contribution in [0.2, 0.25) is 0 Å². The molecule has 108 heavy (non-hydrogen) atoms. The van der Waals surface area contributed by atoms with Crippen molar-refractivity contribution in [3.05, 3.63) is 70.8 Å². The highest BCUT2D eigenvalue weighted by Gasteiger charge is 2.49. The first-order valence-corrected chi connectivity index (χ1v) is 38.6. The Balaban J connectivity index is 0.000000381. The molecule has 10 atom stereocenters. The lowest BCUT2D eigenvalue weighted by Crippen LogP contribution is -2.58. The normalized spacial score (nSPS) is 19.6. The van der Waals surface area contributed by atoms with Crippen LogP contribution < -0.4 is 21.7 Å². The summed E-state index contributed by atoms with van der Waals surface area (Å²) in [6.07, 6.45) is 4.60. The summed E-state index contributed by atoms with van der Waals surface area (Å²) in [5.74, 6) is -6.28. The Kier molecular flexibility index (Phi) is 34.5. The number of nitrogens with one attached hydrogen (secondary N) is 3. The quantitative estimate of drug-likeness (QED) is 0.0693. The monoisotopic (exact) mass is 1510 g/mol. The van der Waals surface area contributed by atoms with Gasteiger partial charge in [-0.25, -0.2) is 4.79 Å². The van der Waals surface area contributed by atoms with E-state index in [1.54, 1.807) is 77.1 Å². The van der Waals surface area contributed by atoms with Crippen molar-refractivity contribution in [1.82, 2.24) is 60.2 Å². The number of nitrogens with zero attached hydrogens (tertiary/aromatic N) is 9. The second-order valence-electron chi connectivity index (χ2n) is 31.8. The number of nitrogens with two attached hydrogens (primary N) is 1. The maximum atomic E-state index is 14.4. The number of Topliss-reactive ketones (excluding diaryl/α,β-unsaturated/α-hetero) is 2. The van der Waals surface area contributed by atoms with E-state index in [0.29, 0.717) is 93.7 Å². The Morgan fingerprint density at radius 2 is 0.759 bits per heavy atom. The van der Waals surface area contributed by atoms with Crippen molar-refractivity contribution in [2.45, 2.75) is 222 Å². The molecular formula is C80H125N13O15. The van der Waals surface area contributed by atoms with Gasteiger partial charge in [0.15, 0.2) is 11.6 Å². The van der Waals surface area contributed by atoms with Gasteiger partial charge in [-0.1, -0.05) is 107 Å². The van der Waals surface area contributed by atoms with E-state index in [-0.39, 0.29) is 157 Å². The topological polar surface area (TPSA) is 339 Å². The minimum atomic E-state index is -0.853. The number of carbonyl (C=O) groups is 14. The van der Waals surface area contributed by atoms with Crippen LogP contribution in [0.4, 0.5) is 0 Å². The summed E-state index contributed by atoms with van der Waals surface area (Å²) in [4.78, 5) is 205. The Morgan fingerprint density at radius 1 is 0.444 bits per heavy atom. The van der Waals surface area contributed by atoms with Crippen molar-refractivity contribution in [2.75, 3.05) is 82.6 Å². The van der Waals surface area contributed by atoms with Crippen LogP contribution >= 0.6 is 0 Å². The number of carbonyl (C=O) groups excluding carboxylic acids is 14. The number of ketones is 2. The number of hydrogen-bond donors (Lipinski definition) is 4. The predicted octanol–water partition coefficient (Wildman–Crippen LogP) is 5.33. The number of benzene rings is 2. The van der Waals surface area contributed by atoms with Crippen molar-refractivity contribution < 1.29 is 72.0 Å². The lowest BCUT2D eigenvalue weighted by molar-refractivity contribution is -0.172. The summed E-state index contributed by atoms with van der Waals surface area (Å²) >= 11 is 0. The van der Waals surface area contributed by atoms with Crippen molar-refractivity contribution in [2.24, 2.45) is 53.1 Å². The maximum absolute atomic E-state index is 14.4. The van der Waals surface area contributed by atoms with Crippen molar-refractivity contribution in [3.63, 3.8) is 0 Å². The fourth-order valence-corrected chi connectivity index (χ4v) is 16.0. The molecule has 5 heterocycles. The van der Waals surface area contributed by atoms with Crippen LogP contribution in [-0.2, 0) is 75.5 Å². The van der Waals surface area contributed by atoms with Gasteiger partial charge in [-0.15, -0.1) is 5.06 Å². The first-order valence-electron chi connectivity index (χ1n) is 38.6. The van der Waals surface area contributed by atoms with Crippen LogP contribution in [0.5, 0.6) is 0 Å². The third-order valence-corrected chi connectivity index (χ3v) is 21.5. The smallest absolute Gasteiger partial charge is 0.355 e. The number of imide groups is 1. The zero-order valence-corrected chi connectivity index (χ0v) is 67.8. The van der Waals surface area contributed by atoms with E-state index in [9.17, 15) is 67.1 Å². The molecule has 2 aromatic rings. The molecular weight excluding hydrogens is 1380 g/mol. The first kappa shape index (κ1) is 90.1. The Bertz CT molecular complexity index is 3450. The number of rotatable bonds is 31. The number of likely N-dealkylation sites (N-methyl/N-ethyl adjacent to an activating group) is 4. The van der Waals surface area contributed by atoms with Crippen LogP contribution in [0, 0.1) is 47.3 Å². The van der Waals surface area contributed by atoms with Crippen LogP contribution in [0.3, 0.4) is 0 Å². The molecule has 5 aliphatic heterocycles. The molecule has 5 N–H and O–H groups in total. The van der Waals surface area contributed by atoms with E-state index in [0.717, 1.165) is 5.56 Å². The van der Waals surface area contributed by atoms with E-state index >= 15 is 0 Å². The first-order chi connectivity index (χ1) is 50.9. The Labute approximate surface area is 639 Å². The molecule has 0 aromatic heterocycles. The fourth-order valence-electron chi connectivity index (χ4n) is 16.0. The second-order valence-corrected chi connectivity index (χ2v) is 31.8. The standard InChI is InChI=1S/C41H60N6O9.C38H60N6O6.CH5N/c1-24(2)29(22-32(48)35(25(3)4)43(7)8)38(52)44(9)36(26(5)6)40(54)46-21-11-13-31(46)39(53)45-20-10-12-30(45)37(51)42-23-27-14-16-28(17-15-27)41(55)56-47-33(49)18-19-34(47)50;1-23(2)28(21-31(45)32(24(3)4)41(8)9)36(48)42(10)33(25(5)6)38(50)44-20-12-14-30(44)37(49)43-19-11-13-29(43)35(47)40-22-26-15-17-27(18-16-26)34(46)39-7;1-2/h14-17,24-26,29-31,35-36H,10-13,18-23H2,1-9H3,(H,42,51);15-18,23-25,28-30,32-33H,11-14,19-22H2,1-10H3,(H,39,46)(H,40,47);2H2,1H3. The van der Waals surface area contributed by atoms with Gasteiger partial charge in [-0.05, 0) is 158 Å². The number of hydrogen-bond acceptors (Lipinski definition) is 18. The van der Waals surface area contributed by atoms with Crippen LogP contribution in [0.25, 0.3) is 0 Å². The maximum Gasteiger partial charge on any atom is 0.363 e. The predicted molar refractivity (Wildman–Crippen MR) is 409 cm³/mol. The molecule has 0 saturated carbocycles. The van der Waals surface area contributed by atoms with Crippen molar-refractivity contribution in [3.8, 4) is 0 Å². The molecule has 0 bridgehead atoms. The highest BCUT2D eigenvalue weighted by atomic mass is 16.7. The van der Waals surface area contributed by atoms with Gasteiger partial charge < -0.3 is 55.9 Å². The fraction of sp³-hybridized carbons (Fsp3) is 0.675. The molecule has 5 aliphatic rings. The van der Waals surface area contributed by atoms with Gasteiger partial charge in [0, 0.05) is 103 Å². The number of likely N-dealkylation sites (tertiary alicyclic amines) is 4. The van der Waals surface area contributed by atoms with E-state index in [4.69, 9.17) is 4.84 Å². The van der Waals surface area contributed by atoms with Crippen LogP contribution in [0.15, 0.2) is 48.5 Å². The lowest BCUT2D eigenvalue weighted by Gasteiger charge is -2.38. The summed E-state index contributed by atoms with van der Waals surface area (Å²) < 4.78 is 0. The molecule has 28 nitrogen and oxygen atoms in total. The van der Waals surface area contributed by atoms with Crippen LogP contribution in [0.1, 0.15) is 192 Å². The zero-order chi connectivity index (χ0) is 81.0. The molecule has 5 fully saturated rings. The minimum Gasteiger partial charge on any atom is -0.355 e. The summed E-state index contributed by atoms with van der Waals surface area (Å²) in [5, 5.41) is 8.89. The van der Waals surface area contributed by atoms with Gasteiger partial charge in [0.2, 0.25) is 47.3 Å². The Hall–Kier alpha value is -8.50. The molecule has 5 saturated heterocycles. The molecule has 28 heteroatoms. The van der Waals surface area contributed by atoms with Gasteiger partial charge >= 0.3 is 5.97 Å². The molecule has 10 unspecified atom stereocenters. The molecule has 0 aliphatic carbocycles. The van der Waals surface area contributed by atoms with E-state index in [2.05, 4.69) is 21.7 Å². The highest BCUT2D eigenvalue weighted by Crippen LogP contribution is 2.33. The molecule has 11 amide bonds. The van der Waals surface area contributed by atoms with Gasteiger partial charge in [-0.2, -0.15) is 0 Å². The van der Waals surface area contributed by atoms with Gasteiger partial charge in [0.1, 0.15) is 36.3 Å². The molecule has 7 rings (SSSR count). The number of amides is 11. The average Bonchev–Trinajstić information content (AvgIpc) is 1.62. The Morgan fingerprint density at radius 3 is 1.06 bits per heavy atom.